The molecule has 0 aliphatic carbocycles. The molecular weight excluding hydrogens is 322 g/mol. The summed E-state index contributed by atoms with van der Waals surface area (Å²) in [5.74, 6) is 0.103. The summed E-state index contributed by atoms with van der Waals surface area (Å²) in [6.07, 6.45) is 4.21. The number of rotatable bonds is 5. The number of thiophene rings is 1. The highest BCUT2D eigenvalue weighted by Gasteiger charge is 2.30. The van der Waals surface area contributed by atoms with Gasteiger partial charge in [-0.3, -0.25) is 14.6 Å². The number of hydrogen-bond acceptors (Lipinski definition) is 4. The molecule has 1 aliphatic heterocycles. The number of nitrogens with zero attached hydrogens (tertiary/aromatic N) is 2. The number of carbonyl (C=O) groups excluding carboxylic acids is 2. The largest absolute Gasteiger partial charge is 0.351 e. The van der Waals surface area contributed by atoms with Crippen LogP contribution >= 0.6 is 11.3 Å². The van der Waals surface area contributed by atoms with E-state index in [1.165, 1.54) is 6.92 Å². The fourth-order valence-electron chi connectivity index (χ4n) is 3.10. The van der Waals surface area contributed by atoms with Crippen molar-refractivity contribution in [3.63, 3.8) is 0 Å². The lowest BCUT2D eigenvalue weighted by Gasteiger charge is -2.25. The molecule has 1 atom stereocenters. The number of aromatic nitrogens is 1. The summed E-state index contributed by atoms with van der Waals surface area (Å²) in [4.78, 5) is 30.0. The average molecular weight is 343 g/mol. The number of hydrogen-bond donors (Lipinski definition) is 1. The SMILES string of the molecule is CC(=O)NCc1cc([C@@H]2CCCN2C(=O)Cc2ccsc2)ccn1. The summed E-state index contributed by atoms with van der Waals surface area (Å²) in [6.45, 7) is 2.71. The van der Waals surface area contributed by atoms with Crippen molar-refractivity contribution in [2.75, 3.05) is 6.54 Å². The van der Waals surface area contributed by atoms with Gasteiger partial charge in [-0.25, -0.2) is 0 Å². The quantitative estimate of drug-likeness (QED) is 0.908. The van der Waals surface area contributed by atoms with Crippen LogP contribution in [0.25, 0.3) is 0 Å². The zero-order valence-electron chi connectivity index (χ0n) is 13.7. The molecule has 2 aromatic rings. The molecule has 0 radical (unpaired) electrons. The van der Waals surface area contributed by atoms with Gasteiger partial charge < -0.3 is 10.2 Å². The van der Waals surface area contributed by atoms with Gasteiger partial charge in [-0.15, -0.1) is 0 Å². The Morgan fingerprint density at radius 2 is 2.29 bits per heavy atom. The third kappa shape index (κ3) is 4.00. The molecule has 0 aromatic carbocycles. The van der Waals surface area contributed by atoms with Crippen molar-refractivity contribution in [2.24, 2.45) is 0 Å². The molecule has 126 valence electrons. The van der Waals surface area contributed by atoms with Gasteiger partial charge in [0.2, 0.25) is 11.8 Å². The Morgan fingerprint density at radius 1 is 1.42 bits per heavy atom. The first-order chi connectivity index (χ1) is 11.6. The summed E-state index contributed by atoms with van der Waals surface area (Å²) in [5, 5.41) is 6.79. The molecule has 0 spiro atoms. The molecule has 3 heterocycles. The van der Waals surface area contributed by atoms with Crippen LogP contribution in [0, 0.1) is 0 Å². The van der Waals surface area contributed by atoms with Gasteiger partial charge in [-0.05, 0) is 52.9 Å². The van der Waals surface area contributed by atoms with E-state index in [1.54, 1.807) is 17.5 Å². The van der Waals surface area contributed by atoms with Crippen molar-refractivity contribution in [3.05, 3.63) is 52.0 Å². The Bertz CT molecular complexity index is 715. The van der Waals surface area contributed by atoms with Crippen molar-refractivity contribution in [2.45, 2.75) is 38.8 Å². The molecule has 2 aromatic heterocycles. The number of pyridine rings is 1. The number of amides is 2. The van der Waals surface area contributed by atoms with E-state index < -0.39 is 0 Å². The lowest BCUT2D eigenvalue weighted by Crippen LogP contribution is -2.31. The van der Waals surface area contributed by atoms with Crippen molar-refractivity contribution < 1.29 is 9.59 Å². The average Bonchev–Trinajstić information content (AvgIpc) is 3.24. The van der Waals surface area contributed by atoms with E-state index in [4.69, 9.17) is 0 Å². The minimum Gasteiger partial charge on any atom is -0.351 e. The normalized spacial score (nSPS) is 17.0. The van der Waals surface area contributed by atoms with E-state index in [9.17, 15) is 9.59 Å². The van der Waals surface area contributed by atoms with Crippen LogP contribution in [-0.2, 0) is 22.6 Å². The summed E-state index contributed by atoms with van der Waals surface area (Å²) in [6, 6.07) is 6.08. The van der Waals surface area contributed by atoms with Gasteiger partial charge in [-0.1, -0.05) is 0 Å². The zero-order chi connectivity index (χ0) is 16.9. The predicted molar refractivity (Wildman–Crippen MR) is 93.5 cm³/mol. The Labute approximate surface area is 145 Å². The molecule has 3 rings (SSSR count). The Morgan fingerprint density at radius 3 is 3.04 bits per heavy atom. The maximum absolute atomic E-state index is 12.7. The van der Waals surface area contributed by atoms with Crippen LogP contribution in [0.1, 0.15) is 42.6 Å². The standard InChI is InChI=1S/C18H21N3O2S/c1-13(22)20-11-16-10-15(4-6-19-16)17-3-2-7-21(17)18(23)9-14-5-8-24-12-14/h4-6,8,10,12,17H,2-3,7,9,11H2,1H3,(H,20,22)/t17-/m0/s1. The monoisotopic (exact) mass is 343 g/mol. The zero-order valence-corrected chi connectivity index (χ0v) is 14.5. The first-order valence-electron chi connectivity index (χ1n) is 8.13. The Hall–Kier alpha value is -2.21. The predicted octanol–water partition coefficient (Wildman–Crippen LogP) is 2.69. The second kappa shape index (κ2) is 7.57. The smallest absolute Gasteiger partial charge is 0.227 e. The number of carbonyl (C=O) groups is 2. The third-order valence-corrected chi connectivity index (χ3v) is 4.98. The molecular formula is C18H21N3O2S. The van der Waals surface area contributed by atoms with Crippen LogP contribution in [-0.4, -0.2) is 28.2 Å². The van der Waals surface area contributed by atoms with Crippen LogP contribution in [0.5, 0.6) is 0 Å². The fourth-order valence-corrected chi connectivity index (χ4v) is 3.77. The highest BCUT2D eigenvalue weighted by atomic mass is 32.1. The molecule has 1 saturated heterocycles. The number of likely N-dealkylation sites (tertiary alicyclic amines) is 1. The fraction of sp³-hybridized carbons (Fsp3) is 0.389. The molecule has 0 saturated carbocycles. The molecule has 24 heavy (non-hydrogen) atoms. The second-order valence-corrected chi connectivity index (χ2v) is 6.82. The van der Waals surface area contributed by atoms with E-state index in [-0.39, 0.29) is 17.9 Å². The maximum atomic E-state index is 12.7. The Balaban J connectivity index is 1.71. The maximum Gasteiger partial charge on any atom is 0.227 e. The minimum absolute atomic E-state index is 0.0735. The lowest BCUT2D eigenvalue weighted by atomic mass is 10.0. The minimum atomic E-state index is -0.0735. The van der Waals surface area contributed by atoms with Crippen molar-refractivity contribution in [1.82, 2.24) is 15.2 Å². The molecule has 2 amide bonds. The van der Waals surface area contributed by atoms with Gasteiger partial charge in [0.15, 0.2) is 0 Å². The summed E-state index contributed by atoms with van der Waals surface area (Å²) in [5.41, 5.74) is 3.00. The molecule has 6 heteroatoms. The van der Waals surface area contributed by atoms with Gasteiger partial charge in [0, 0.05) is 19.7 Å². The molecule has 1 fully saturated rings. The van der Waals surface area contributed by atoms with Gasteiger partial charge in [0.25, 0.3) is 0 Å². The van der Waals surface area contributed by atoms with Gasteiger partial charge in [0.05, 0.1) is 24.7 Å². The van der Waals surface area contributed by atoms with E-state index in [0.717, 1.165) is 36.2 Å². The van der Waals surface area contributed by atoms with Gasteiger partial charge in [0.1, 0.15) is 0 Å². The van der Waals surface area contributed by atoms with Crippen LogP contribution in [0.2, 0.25) is 0 Å². The van der Waals surface area contributed by atoms with Gasteiger partial charge in [-0.2, -0.15) is 11.3 Å². The van der Waals surface area contributed by atoms with Crippen molar-refractivity contribution in [3.8, 4) is 0 Å². The van der Waals surface area contributed by atoms with E-state index in [2.05, 4.69) is 10.3 Å². The van der Waals surface area contributed by atoms with Crippen molar-refractivity contribution in [1.29, 1.82) is 0 Å². The topological polar surface area (TPSA) is 62.3 Å². The van der Waals surface area contributed by atoms with Crippen molar-refractivity contribution >= 4 is 23.2 Å². The first-order valence-corrected chi connectivity index (χ1v) is 9.07. The lowest BCUT2D eigenvalue weighted by molar-refractivity contribution is -0.131. The second-order valence-electron chi connectivity index (χ2n) is 6.04. The van der Waals surface area contributed by atoms with Crippen LogP contribution in [0.4, 0.5) is 0 Å². The highest BCUT2D eigenvalue weighted by Crippen LogP contribution is 2.32. The van der Waals surface area contributed by atoms with Crippen LogP contribution < -0.4 is 5.32 Å². The highest BCUT2D eigenvalue weighted by molar-refractivity contribution is 7.08. The summed E-state index contributed by atoms with van der Waals surface area (Å²) < 4.78 is 0. The summed E-state index contributed by atoms with van der Waals surface area (Å²) >= 11 is 1.62. The third-order valence-electron chi connectivity index (χ3n) is 4.25. The molecule has 0 unspecified atom stereocenters. The van der Waals surface area contributed by atoms with Crippen LogP contribution in [0.15, 0.2) is 35.2 Å². The number of nitrogens with one attached hydrogen (secondary N) is 1. The molecule has 0 bridgehead atoms. The van der Waals surface area contributed by atoms with E-state index in [1.807, 2.05) is 33.9 Å². The van der Waals surface area contributed by atoms with E-state index >= 15 is 0 Å². The Kier molecular flexibility index (Phi) is 5.25. The molecule has 1 N–H and O–H groups in total. The van der Waals surface area contributed by atoms with E-state index in [0.29, 0.717) is 13.0 Å². The van der Waals surface area contributed by atoms with Gasteiger partial charge >= 0.3 is 0 Å². The molecule has 1 aliphatic rings. The van der Waals surface area contributed by atoms with Crippen LogP contribution in [0.3, 0.4) is 0 Å². The summed E-state index contributed by atoms with van der Waals surface area (Å²) in [7, 11) is 0. The first kappa shape index (κ1) is 16.6. The molecule has 5 nitrogen and oxygen atoms in total.